The van der Waals surface area contributed by atoms with E-state index in [-0.39, 0.29) is 0 Å². The Labute approximate surface area is 360 Å². The topological polar surface area (TPSA) is 16.4 Å². The summed E-state index contributed by atoms with van der Waals surface area (Å²) in [6, 6.07) is 85.4. The molecule has 0 spiro atoms. The summed E-state index contributed by atoms with van der Waals surface area (Å²) in [6.45, 7) is 0. The Kier molecular flexibility index (Phi) is 8.53. The first-order valence-electron chi connectivity index (χ1n) is 21.2. The third-order valence-electron chi connectivity index (χ3n) is 12.5. The van der Waals surface area contributed by atoms with Crippen molar-refractivity contribution in [3.63, 3.8) is 0 Å². The van der Waals surface area contributed by atoms with E-state index in [0.29, 0.717) is 0 Å². The zero-order valence-corrected chi connectivity index (χ0v) is 33.9. The minimum atomic E-state index is 0.891. The molecule has 0 saturated heterocycles. The first-order chi connectivity index (χ1) is 30.7. The fourth-order valence-electron chi connectivity index (χ4n) is 9.49. The molecule has 290 valence electrons. The maximum absolute atomic E-state index is 6.61. The van der Waals surface area contributed by atoms with Crippen molar-refractivity contribution in [2.45, 2.75) is 0 Å². The van der Waals surface area contributed by atoms with Crippen LogP contribution in [0.15, 0.2) is 241 Å². The van der Waals surface area contributed by atoms with Gasteiger partial charge in [0, 0.05) is 33.3 Å². The van der Waals surface area contributed by atoms with Crippen molar-refractivity contribution in [1.82, 2.24) is 0 Å². The van der Waals surface area contributed by atoms with Gasteiger partial charge in [0.15, 0.2) is 0 Å². The first-order valence-corrected chi connectivity index (χ1v) is 21.2. The summed E-state index contributed by atoms with van der Waals surface area (Å²) in [7, 11) is 0. The Morgan fingerprint density at radius 3 is 1.47 bits per heavy atom. The van der Waals surface area contributed by atoms with Gasteiger partial charge in [-0.05, 0) is 102 Å². The molecular formula is C60H39NO. The van der Waals surface area contributed by atoms with Crippen molar-refractivity contribution in [3.05, 3.63) is 237 Å². The Hall–Kier alpha value is -8.20. The third kappa shape index (κ3) is 6.04. The van der Waals surface area contributed by atoms with Gasteiger partial charge in [0.1, 0.15) is 11.2 Å². The summed E-state index contributed by atoms with van der Waals surface area (Å²) < 4.78 is 6.61. The molecule has 0 aliphatic heterocycles. The third-order valence-corrected chi connectivity index (χ3v) is 12.5. The van der Waals surface area contributed by atoms with Crippen LogP contribution in [0.3, 0.4) is 0 Å². The second-order valence-corrected chi connectivity index (χ2v) is 16.0. The molecule has 11 aromatic carbocycles. The zero-order chi connectivity index (χ0) is 41.0. The van der Waals surface area contributed by atoms with Crippen molar-refractivity contribution in [2.75, 3.05) is 4.90 Å². The average Bonchev–Trinajstić information content (AvgIpc) is 3.74. The Bertz CT molecular complexity index is 3610. The lowest BCUT2D eigenvalue weighted by Gasteiger charge is -2.28. The summed E-state index contributed by atoms with van der Waals surface area (Å²) in [5.41, 5.74) is 14.3. The molecule has 12 aromatic rings. The van der Waals surface area contributed by atoms with E-state index in [1.54, 1.807) is 0 Å². The number of furan rings is 1. The summed E-state index contributed by atoms with van der Waals surface area (Å²) in [4.78, 5) is 2.38. The van der Waals surface area contributed by atoms with Gasteiger partial charge in [-0.25, -0.2) is 0 Å². The lowest BCUT2D eigenvalue weighted by molar-refractivity contribution is 0.670. The molecule has 0 radical (unpaired) electrons. The monoisotopic (exact) mass is 789 g/mol. The Balaban J connectivity index is 0.966. The molecule has 0 unspecified atom stereocenters. The number of rotatable bonds is 7. The second-order valence-electron chi connectivity index (χ2n) is 16.0. The van der Waals surface area contributed by atoms with Crippen LogP contribution in [0.4, 0.5) is 17.1 Å². The number of benzene rings is 11. The van der Waals surface area contributed by atoms with Gasteiger partial charge in [0.2, 0.25) is 0 Å². The summed E-state index contributed by atoms with van der Waals surface area (Å²) in [6.07, 6.45) is 0. The molecule has 1 aromatic heterocycles. The highest BCUT2D eigenvalue weighted by Gasteiger charge is 2.21. The minimum Gasteiger partial charge on any atom is -0.455 e. The SMILES string of the molecule is c1ccc(N(c2ccc(-c3ccc(-c4cccc5ccccc45)cc3)cc2)c2ccc(-c3cccc4c3ccc3ccccc34)cc2)c(-c2cccc3c2oc2ccccc23)c1. The van der Waals surface area contributed by atoms with E-state index in [9.17, 15) is 0 Å². The summed E-state index contributed by atoms with van der Waals surface area (Å²) in [5, 5.41) is 9.80. The smallest absolute Gasteiger partial charge is 0.143 e. The molecule has 2 heteroatoms. The molecule has 0 N–H and O–H groups in total. The van der Waals surface area contributed by atoms with Gasteiger partial charge in [-0.1, -0.05) is 200 Å². The molecule has 0 aliphatic rings. The van der Waals surface area contributed by atoms with Gasteiger partial charge in [-0.3, -0.25) is 0 Å². The minimum absolute atomic E-state index is 0.891. The van der Waals surface area contributed by atoms with Crippen molar-refractivity contribution in [1.29, 1.82) is 0 Å². The Morgan fingerprint density at radius 2 is 0.726 bits per heavy atom. The van der Waals surface area contributed by atoms with Gasteiger partial charge < -0.3 is 9.32 Å². The van der Waals surface area contributed by atoms with Gasteiger partial charge in [-0.2, -0.15) is 0 Å². The highest BCUT2D eigenvalue weighted by molar-refractivity contribution is 6.13. The van der Waals surface area contributed by atoms with E-state index < -0.39 is 0 Å². The molecule has 0 saturated carbocycles. The van der Waals surface area contributed by atoms with Crippen LogP contribution in [0.2, 0.25) is 0 Å². The number of hydrogen-bond acceptors (Lipinski definition) is 2. The van der Waals surface area contributed by atoms with E-state index in [4.69, 9.17) is 4.42 Å². The van der Waals surface area contributed by atoms with Crippen molar-refractivity contribution in [3.8, 4) is 44.5 Å². The molecule has 0 atom stereocenters. The maximum atomic E-state index is 6.61. The van der Waals surface area contributed by atoms with Gasteiger partial charge in [0.25, 0.3) is 0 Å². The standard InChI is InChI=1S/C60H39NO/c1-3-15-48-42(12-1)14-9-19-49(48)44-28-26-40(27-29-44)41-30-35-46(36-31-41)61(58-24-7-5-17-54(58)56-22-11-23-57-55-18-6-8-25-59(55)62-60(56)57)47-37-32-45(33-38-47)51-20-10-21-52-50-16-4-2-13-43(50)34-39-53(51)52/h1-39H. The van der Waals surface area contributed by atoms with Crippen molar-refractivity contribution in [2.24, 2.45) is 0 Å². The maximum Gasteiger partial charge on any atom is 0.143 e. The van der Waals surface area contributed by atoms with Crippen LogP contribution < -0.4 is 4.90 Å². The normalized spacial score (nSPS) is 11.5. The van der Waals surface area contributed by atoms with Crippen LogP contribution in [-0.4, -0.2) is 0 Å². The van der Waals surface area contributed by atoms with E-state index in [1.165, 1.54) is 60.1 Å². The van der Waals surface area contributed by atoms with Gasteiger partial charge >= 0.3 is 0 Å². The highest BCUT2D eigenvalue weighted by atomic mass is 16.3. The molecular weight excluding hydrogens is 751 g/mol. The molecule has 62 heavy (non-hydrogen) atoms. The van der Waals surface area contributed by atoms with Crippen LogP contribution in [0.25, 0.3) is 98.8 Å². The fourth-order valence-corrected chi connectivity index (χ4v) is 9.49. The molecule has 1 heterocycles. The number of anilines is 3. The second kappa shape index (κ2) is 14.8. The number of para-hydroxylation sites is 3. The van der Waals surface area contributed by atoms with E-state index in [1.807, 2.05) is 6.07 Å². The van der Waals surface area contributed by atoms with Crippen LogP contribution in [-0.2, 0) is 0 Å². The van der Waals surface area contributed by atoms with Crippen LogP contribution in [0.5, 0.6) is 0 Å². The first kappa shape index (κ1) is 35.7. The number of hydrogen-bond donors (Lipinski definition) is 0. The van der Waals surface area contributed by atoms with Crippen molar-refractivity contribution < 1.29 is 4.42 Å². The van der Waals surface area contributed by atoms with Crippen LogP contribution >= 0.6 is 0 Å². The highest BCUT2D eigenvalue weighted by Crippen LogP contribution is 2.45. The van der Waals surface area contributed by atoms with Gasteiger partial charge in [-0.15, -0.1) is 0 Å². The van der Waals surface area contributed by atoms with Crippen LogP contribution in [0, 0.1) is 0 Å². The molecule has 0 amide bonds. The molecule has 2 nitrogen and oxygen atoms in total. The summed E-state index contributed by atoms with van der Waals surface area (Å²) in [5.74, 6) is 0. The number of fused-ring (bicyclic) bond motifs is 7. The predicted molar refractivity (Wildman–Crippen MR) is 263 cm³/mol. The quantitative estimate of drug-likeness (QED) is 0.150. The largest absolute Gasteiger partial charge is 0.455 e. The molecule has 0 bridgehead atoms. The van der Waals surface area contributed by atoms with E-state index in [2.05, 4.69) is 235 Å². The lowest BCUT2D eigenvalue weighted by atomic mass is 9.94. The number of nitrogens with zero attached hydrogens (tertiary/aromatic N) is 1. The summed E-state index contributed by atoms with van der Waals surface area (Å²) >= 11 is 0. The fraction of sp³-hybridized carbons (Fsp3) is 0. The molecule has 0 fully saturated rings. The predicted octanol–water partition coefficient (Wildman–Crippen LogP) is 17.2. The lowest BCUT2D eigenvalue weighted by Crippen LogP contribution is -2.11. The van der Waals surface area contributed by atoms with E-state index in [0.717, 1.165) is 55.7 Å². The Morgan fingerprint density at radius 1 is 0.258 bits per heavy atom. The molecule has 0 aliphatic carbocycles. The average molecular weight is 790 g/mol. The van der Waals surface area contributed by atoms with Gasteiger partial charge in [0.05, 0.1) is 5.69 Å². The van der Waals surface area contributed by atoms with Crippen LogP contribution in [0.1, 0.15) is 0 Å². The molecule has 12 rings (SSSR count). The van der Waals surface area contributed by atoms with Crippen molar-refractivity contribution >= 4 is 71.3 Å². The van der Waals surface area contributed by atoms with E-state index >= 15 is 0 Å². The zero-order valence-electron chi connectivity index (χ0n) is 33.9.